The number of nitrogens with zero attached hydrogens (tertiary/aromatic N) is 2. The molecule has 0 bridgehead atoms. The van der Waals surface area contributed by atoms with Crippen LogP contribution in [0.25, 0.3) is 0 Å². The minimum Gasteiger partial charge on any atom is -0.495 e. The number of hydrogen-bond acceptors (Lipinski definition) is 5. The number of methoxy groups -OCH3 is 1. The molecule has 1 heterocycles. The van der Waals surface area contributed by atoms with Gasteiger partial charge < -0.3 is 19.3 Å². The van der Waals surface area contributed by atoms with E-state index in [1.165, 1.54) is 6.92 Å². The van der Waals surface area contributed by atoms with Crippen molar-refractivity contribution in [3.8, 4) is 11.5 Å². The molecule has 0 saturated carbocycles. The molecule has 0 atom stereocenters. The Bertz CT molecular complexity index is 798. The van der Waals surface area contributed by atoms with E-state index in [9.17, 15) is 9.59 Å². The molecule has 136 valence electrons. The second kappa shape index (κ2) is 7.91. The number of ether oxygens (including phenoxy) is 2. The predicted molar refractivity (Wildman–Crippen MR) is 98.9 cm³/mol. The summed E-state index contributed by atoms with van der Waals surface area (Å²) < 4.78 is 10.5. The molecule has 26 heavy (non-hydrogen) atoms. The molecule has 2 aromatic carbocycles. The summed E-state index contributed by atoms with van der Waals surface area (Å²) in [6, 6.07) is 14.6. The van der Waals surface area contributed by atoms with Crippen molar-refractivity contribution >= 4 is 17.6 Å². The van der Waals surface area contributed by atoms with Crippen LogP contribution >= 0.6 is 0 Å². The average Bonchev–Trinajstić information content (AvgIpc) is 2.67. The lowest BCUT2D eigenvalue weighted by Crippen LogP contribution is -2.48. The van der Waals surface area contributed by atoms with E-state index < -0.39 is 5.97 Å². The quantitative estimate of drug-likeness (QED) is 0.624. The van der Waals surface area contributed by atoms with Gasteiger partial charge in [-0.25, -0.2) is 0 Å². The summed E-state index contributed by atoms with van der Waals surface area (Å²) >= 11 is 0. The van der Waals surface area contributed by atoms with Crippen LogP contribution in [0.5, 0.6) is 11.5 Å². The SMILES string of the molecule is COc1ccccc1N1CCN(C(=O)c2cccc(OC(C)=O)c2)CC1. The standard InChI is InChI=1S/C20H22N2O4/c1-15(23)26-17-7-5-6-16(14-17)20(24)22-12-10-21(11-13-22)18-8-3-4-9-19(18)25-2/h3-9,14H,10-13H2,1-2H3. The number of hydrogen-bond donors (Lipinski definition) is 0. The van der Waals surface area contributed by atoms with Crippen LogP contribution in [0.3, 0.4) is 0 Å². The van der Waals surface area contributed by atoms with Crippen LogP contribution in [-0.2, 0) is 4.79 Å². The van der Waals surface area contributed by atoms with E-state index in [-0.39, 0.29) is 5.91 Å². The number of amides is 1. The van der Waals surface area contributed by atoms with Crippen molar-refractivity contribution in [1.82, 2.24) is 4.90 Å². The molecule has 6 nitrogen and oxygen atoms in total. The van der Waals surface area contributed by atoms with Gasteiger partial charge in [0.05, 0.1) is 12.8 Å². The number of carbonyl (C=O) groups is 2. The molecular weight excluding hydrogens is 332 g/mol. The van der Waals surface area contributed by atoms with Crippen LogP contribution in [0, 0.1) is 0 Å². The van der Waals surface area contributed by atoms with Gasteiger partial charge in [0.1, 0.15) is 11.5 Å². The van der Waals surface area contributed by atoms with Gasteiger partial charge in [0.15, 0.2) is 0 Å². The first-order chi connectivity index (χ1) is 12.6. The monoisotopic (exact) mass is 354 g/mol. The molecule has 1 aliphatic heterocycles. The number of piperazine rings is 1. The predicted octanol–water partition coefficient (Wildman–Crippen LogP) is 2.58. The zero-order valence-electron chi connectivity index (χ0n) is 15.0. The smallest absolute Gasteiger partial charge is 0.308 e. The van der Waals surface area contributed by atoms with Crippen LogP contribution in [0.1, 0.15) is 17.3 Å². The van der Waals surface area contributed by atoms with E-state index in [0.29, 0.717) is 24.4 Å². The molecule has 6 heteroatoms. The summed E-state index contributed by atoms with van der Waals surface area (Å²) in [5.41, 5.74) is 1.56. The van der Waals surface area contributed by atoms with Crippen molar-refractivity contribution in [1.29, 1.82) is 0 Å². The Morgan fingerprint density at radius 3 is 2.38 bits per heavy atom. The highest BCUT2D eigenvalue weighted by Gasteiger charge is 2.24. The van der Waals surface area contributed by atoms with Crippen LogP contribution in [0.2, 0.25) is 0 Å². The molecule has 1 saturated heterocycles. The Kier molecular flexibility index (Phi) is 5.41. The third kappa shape index (κ3) is 3.96. The minimum absolute atomic E-state index is 0.0568. The van der Waals surface area contributed by atoms with Crippen molar-refractivity contribution in [3.63, 3.8) is 0 Å². The minimum atomic E-state index is -0.403. The van der Waals surface area contributed by atoms with Crippen LogP contribution in [-0.4, -0.2) is 50.1 Å². The summed E-state index contributed by atoms with van der Waals surface area (Å²) in [5.74, 6) is 0.760. The van der Waals surface area contributed by atoms with Gasteiger partial charge in [0.25, 0.3) is 5.91 Å². The second-order valence-corrected chi connectivity index (χ2v) is 6.07. The lowest BCUT2D eigenvalue weighted by Gasteiger charge is -2.36. The Labute approximate surface area is 152 Å². The third-order valence-corrected chi connectivity index (χ3v) is 4.34. The van der Waals surface area contributed by atoms with E-state index in [1.807, 2.05) is 29.2 Å². The number of carbonyl (C=O) groups excluding carboxylic acids is 2. The molecule has 3 rings (SSSR count). The summed E-state index contributed by atoms with van der Waals surface area (Å²) in [6.07, 6.45) is 0. The first-order valence-electron chi connectivity index (χ1n) is 8.54. The number of esters is 1. The van der Waals surface area contributed by atoms with Crippen molar-refractivity contribution in [2.75, 3.05) is 38.2 Å². The molecule has 0 spiro atoms. The van der Waals surface area contributed by atoms with Crippen LogP contribution in [0.4, 0.5) is 5.69 Å². The van der Waals surface area contributed by atoms with Gasteiger partial charge in [0, 0.05) is 38.7 Å². The molecular formula is C20H22N2O4. The maximum atomic E-state index is 12.7. The Morgan fingerprint density at radius 2 is 1.69 bits per heavy atom. The summed E-state index contributed by atoms with van der Waals surface area (Å²) in [6.45, 7) is 4.04. The first kappa shape index (κ1) is 17.8. The largest absolute Gasteiger partial charge is 0.495 e. The molecule has 1 aliphatic rings. The lowest BCUT2D eigenvalue weighted by atomic mass is 10.1. The second-order valence-electron chi connectivity index (χ2n) is 6.07. The molecule has 0 radical (unpaired) electrons. The van der Waals surface area contributed by atoms with E-state index in [0.717, 1.165) is 24.5 Å². The van der Waals surface area contributed by atoms with Crippen LogP contribution in [0.15, 0.2) is 48.5 Å². The topological polar surface area (TPSA) is 59.1 Å². The molecule has 2 aromatic rings. The van der Waals surface area contributed by atoms with Crippen molar-refractivity contribution in [2.24, 2.45) is 0 Å². The summed E-state index contributed by atoms with van der Waals surface area (Å²) in [7, 11) is 1.66. The highest BCUT2D eigenvalue weighted by molar-refractivity contribution is 5.95. The fourth-order valence-electron chi connectivity index (χ4n) is 3.08. The van der Waals surface area contributed by atoms with Gasteiger partial charge in [-0.3, -0.25) is 9.59 Å². The van der Waals surface area contributed by atoms with Gasteiger partial charge in [-0.1, -0.05) is 18.2 Å². The van der Waals surface area contributed by atoms with E-state index in [4.69, 9.17) is 9.47 Å². The highest BCUT2D eigenvalue weighted by atomic mass is 16.5. The first-order valence-corrected chi connectivity index (χ1v) is 8.54. The maximum Gasteiger partial charge on any atom is 0.308 e. The third-order valence-electron chi connectivity index (χ3n) is 4.34. The van der Waals surface area contributed by atoms with Crippen molar-refractivity contribution in [3.05, 3.63) is 54.1 Å². The molecule has 0 aliphatic carbocycles. The zero-order valence-corrected chi connectivity index (χ0v) is 15.0. The number of benzene rings is 2. The Hall–Kier alpha value is -3.02. The molecule has 1 amide bonds. The van der Waals surface area contributed by atoms with E-state index >= 15 is 0 Å². The van der Waals surface area contributed by atoms with Crippen molar-refractivity contribution in [2.45, 2.75) is 6.92 Å². The lowest BCUT2D eigenvalue weighted by molar-refractivity contribution is -0.131. The normalized spacial score (nSPS) is 14.1. The summed E-state index contributed by atoms with van der Waals surface area (Å²) in [5, 5.41) is 0. The molecule has 0 aromatic heterocycles. The fraction of sp³-hybridized carbons (Fsp3) is 0.300. The van der Waals surface area contributed by atoms with E-state index in [1.54, 1.807) is 31.4 Å². The maximum absolute atomic E-state index is 12.7. The fourth-order valence-corrected chi connectivity index (χ4v) is 3.08. The van der Waals surface area contributed by atoms with Gasteiger partial charge in [0.2, 0.25) is 0 Å². The average molecular weight is 354 g/mol. The Balaban J connectivity index is 1.66. The number of anilines is 1. The highest BCUT2D eigenvalue weighted by Crippen LogP contribution is 2.28. The van der Waals surface area contributed by atoms with E-state index in [2.05, 4.69) is 4.90 Å². The van der Waals surface area contributed by atoms with Gasteiger partial charge in [-0.05, 0) is 30.3 Å². The number of para-hydroxylation sites is 2. The molecule has 0 N–H and O–H groups in total. The van der Waals surface area contributed by atoms with Crippen molar-refractivity contribution < 1.29 is 19.1 Å². The van der Waals surface area contributed by atoms with Crippen LogP contribution < -0.4 is 14.4 Å². The number of rotatable bonds is 4. The zero-order chi connectivity index (χ0) is 18.5. The Morgan fingerprint density at radius 1 is 0.962 bits per heavy atom. The summed E-state index contributed by atoms with van der Waals surface area (Å²) in [4.78, 5) is 27.9. The van der Waals surface area contributed by atoms with Gasteiger partial charge in [-0.2, -0.15) is 0 Å². The molecule has 1 fully saturated rings. The van der Waals surface area contributed by atoms with Gasteiger partial charge in [-0.15, -0.1) is 0 Å². The molecule has 0 unspecified atom stereocenters. The van der Waals surface area contributed by atoms with Gasteiger partial charge >= 0.3 is 5.97 Å².